The maximum atomic E-state index is 13.7. The molecule has 0 aliphatic rings. The average Bonchev–Trinajstić information content (AvgIpc) is 2.42. The van der Waals surface area contributed by atoms with Crippen LogP contribution in [0.1, 0.15) is 25.3 Å². The summed E-state index contributed by atoms with van der Waals surface area (Å²) in [5.74, 6) is -0.631. The molecule has 7 heteroatoms. The van der Waals surface area contributed by atoms with Gasteiger partial charge in [-0.05, 0) is 18.6 Å². The van der Waals surface area contributed by atoms with E-state index in [1.807, 2.05) is 6.92 Å². The summed E-state index contributed by atoms with van der Waals surface area (Å²) in [6.07, 6.45) is 1.50. The smallest absolute Gasteiger partial charge is 0.243 e. The van der Waals surface area contributed by atoms with Crippen LogP contribution in [-0.4, -0.2) is 37.5 Å². The maximum absolute atomic E-state index is 13.7. The lowest BCUT2D eigenvalue weighted by Crippen LogP contribution is -2.35. The third-order valence-electron chi connectivity index (χ3n) is 3.01. The zero-order valence-electron chi connectivity index (χ0n) is 11.5. The number of rotatable bonds is 8. The number of aliphatic hydroxyl groups is 1. The summed E-state index contributed by atoms with van der Waals surface area (Å²) in [4.78, 5) is -0.121. The molecule has 5 nitrogen and oxygen atoms in total. The third kappa shape index (κ3) is 3.76. The second kappa shape index (κ2) is 7.68. The molecule has 0 aliphatic heterocycles. The number of hydrogen-bond acceptors (Lipinski definition) is 4. The van der Waals surface area contributed by atoms with Crippen LogP contribution in [0.15, 0.2) is 23.1 Å². The number of hydrogen-bond donors (Lipinski definition) is 2. The molecule has 0 radical (unpaired) electrons. The Morgan fingerprint density at radius 1 is 1.35 bits per heavy atom. The molecule has 0 amide bonds. The molecule has 0 atom stereocenters. The number of nitrogens with two attached hydrogens (primary N) is 1. The van der Waals surface area contributed by atoms with E-state index in [-0.39, 0.29) is 30.2 Å². The van der Waals surface area contributed by atoms with Crippen molar-refractivity contribution in [3.05, 3.63) is 29.6 Å². The molecule has 0 aliphatic carbocycles. The molecule has 0 spiro atoms. The van der Waals surface area contributed by atoms with E-state index in [0.717, 1.165) is 6.42 Å². The van der Waals surface area contributed by atoms with E-state index in [1.54, 1.807) is 0 Å². The van der Waals surface area contributed by atoms with Gasteiger partial charge in [-0.15, -0.1) is 0 Å². The summed E-state index contributed by atoms with van der Waals surface area (Å²) in [6, 6.07) is 3.87. The van der Waals surface area contributed by atoms with Gasteiger partial charge in [-0.25, -0.2) is 12.8 Å². The molecule has 20 heavy (non-hydrogen) atoms. The van der Waals surface area contributed by atoms with Crippen LogP contribution in [0, 0.1) is 5.82 Å². The van der Waals surface area contributed by atoms with E-state index in [9.17, 15) is 12.8 Å². The zero-order chi connectivity index (χ0) is 15.2. The summed E-state index contributed by atoms with van der Waals surface area (Å²) in [5, 5.41) is 9.02. The van der Waals surface area contributed by atoms with Crippen LogP contribution in [0.3, 0.4) is 0 Å². The first-order valence-electron chi connectivity index (χ1n) is 6.57. The number of benzene rings is 1. The van der Waals surface area contributed by atoms with Crippen LogP contribution >= 0.6 is 0 Å². The first kappa shape index (κ1) is 17.0. The minimum Gasteiger partial charge on any atom is -0.395 e. The lowest BCUT2D eigenvalue weighted by atomic mass is 10.2. The van der Waals surface area contributed by atoms with Crippen molar-refractivity contribution >= 4 is 10.0 Å². The van der Waals surface area contributed by atoms with Gasteiger partial charge in [0.05, 0.1) is 11.5 Å². The summed E-state index contributed by atoms with van der Waals surface area (Å²) in [6.45, 7) is 1.75. The van der Waals surface area contributed by atoms with E-state index >= 15 is 0 Å². The molecule has 0 aromatic heterocycles. The van der Waals surface area contributed by atoms with Gasteiger partial charge in [0.15, 0.2) is 0 Å². The van der Waals surface area contributed by atoms with Crippen molar-refractivity contribution in [3.63, 3.8) is 0 Å². The molecule has 1 aromatic rings. The quantitative estimate of drug-likeness (QED) is 0.752. The third-order valence-corrected chi connectivity index (χ3v) is 4.99. The molecular formula is C13H21FN2O3S. The number of unbranched alkanes of at least 4 members (excludes halogenated alkanes) is 1. The Balaban J connectivity index is 3.22. The van der Waals surface area contributed by atoms with Crippen molar-refractivity contribution in [2.45, 2.75) is 31.2 Å². The minimum atomic E-state index is -3.85. The molecule has 0 heterocycles. The maximum Gasteiger partial charge on any atom is 0.243 e. The van der Waals surface area contributed by atoms with Crippen molar-refractivity contribution in [1.82, 2.24) is 4.31 Å². The Bertz CT molecular complexity index is 534. The highest BCUT2D eigenvalue weighted by Gasteiger charge is 2.27. The largest absolute Gasteiger partial charge is 0.395 e. The highest BCUT2D eigenvalue weighted by molar-refractivity contribution is 7.89. The van der Waals surface area contributed by atoms with E-state index < -0.39 is 15.8 Å². The Hall–Kier alpha value is -1.02. The first-order chi connectivity index (χ1) is 9.48. The van der Waals surface area contributed by atoms with Gasteiger partial charge in [0.1, 0.15) is 5.82 Å². The highest BCUT2D eigenvalue weighted by atomic mass is 32.2. The molecule has 0 unspecified atom stereocenters. The Morgan fingerprint density at radius 2 is 2.05 bits per heavy atom. The van der Waals surface area contributed by atoms with Crippen molar-refractivity contribution in [2.75, 3.05) is 19.7 Å². The molecule has 1 aromatic carbocycles. The molecule has 1 rings (SSSR count). The predicted molar refractivity (Wildman–Crippen MR) is 75.0 cm³/mol. The van der Waals surface area contributed by atoms with E-state index in [0.29, 0.717) is 13.0 Å². The van der Waals surface area contributed by atoms with Gasteiger partial charge >= 0.3 is 0 Å². The normalized spacial score (nSPS) is 12.1. The van der Waals surface area contributed by atoms with E-state index in [1.165, 1.54) is 22.5 Å². The molecular weight excluding hydrogens is 283 g/mol. The van der Waals surface area contributed by atoms with Crippen molar-refractivity contribution in [3.8, 4) is 0 Å². The molecule has 3 N–H and O–H groups in total. The summed E-state index contributed by atoms with van der Waals surface area (Å²) in [5.41, 5.74) is 5.43. The van der Waals surface area contributed by atoms with Gasteiger partial charge < -0.3 is 10.8 Å². The van der Waals surface area contributed by atoms with Gasteiger partial charge in [0, 0.05) is 25.2 Å². The fourth-order valence-corrected chi connectivity index (χ4v) is 3.63. The molecule has 114 valence electrons. The van der Waals surface area contributed by atoms with Crippen molar-refractivity contribution in [2.24, 2.45) is 5.73 Å². The van der Waals surface area contributed by atoms with Gasteiger partial charge in [0.2, 0.25) is 10.0 Å². The summed E-state index contributed by atoms with van der Waals surface area (Å²) >= 11 is 0. The number of nitrogens with zero attached hydrogens (tertiary/aromatic N) is 1. The van der Waals surface area contributed by atoms with Gasteiger partial charge in [-0.1, -0.05) is 19.4 Å². The predicted octanol–water partition coefficient (Wildman–Crippen LogP) is 1.07. The minimum absolute atomic E-state index is 0.0111. The standard InChI is InChI=1S/C13H21FN2O3S/c1-2-3-7-16(8-9-17)20(18,19)13-6-4-5-12(14)11(13)10-15/h4-6,17H,2-3,7-10,15H2,1H3. The fraction of sp³-hybridized carbons (Fsp3) is 0.538. The topological polar surface area (TPSA) is 83.6 Å². The monoisotopic (exact) mass is 304 g/mol. The van der Waals surface area contributed by atoms with Crippen LogP contribution in [0.2, 0.25) is 0 Å². The molecule has 0 fully saturated rings. The average molecular weight is 304 g/mol. The number of halogens is 1. The van der Waals surface area contributed by atoms with Gasteiger partial charge in [-0.2, -0.15) is 4.31 Å². The van der Waals surface area contributed by atoms with Crippen molar-refractivity contribution < 1.29 is 17.9 Å². The second-order valence-corrected chi connectivity index (χ2v) is 6.31. The van der Waals surface area contributed by atoms with Crippen LogP contribution < -0.4 is 5.73 Å². The van der Waals surface area contributed by atoms with Crippen LogP contribution in [0.4, 0.5) is 4.39 Å². The zero-order valence-corrected chi connectivity index (χ0v) is 12.4. The SMILES string of the molecule is CCCCN(CCO)S(=O)(=O)c1cccc(F)c1CN. The first-order valence-corrected chi connectivity index (χ1v) is 8.01. The number of sulfonamides is 1. The van der Waals surface area contributed by atoms with E-state index in [2.05, 4.69) is 0 Å². The summed E-state index contributed by atoms with van der Waals surface area (Å²) in [7, 11) is -3.85. The Kier molecular flexibility index (Phi) is 6.54. The Morgan fingerprint density at radius 3 is 2.60 bits per heavy atom. The van der Waals surface area contributed by atoms with Crippen molar-refractivity contribution in [1.29, 1.82) is 0 Å². The fourth-order valence-electron chi connectivity index (χ4n) is 1.92. The highest BCUT2D eigenvalue weighted by Crippen LogP contribution is 2.22. The van der Waals surface area contributed by atoms with Crippen LogP contribution in [0.25, 0.3) is 0 Å². The summed E-state index contributed by atoms with van der Waals surface area (Å²) < 4.78 is 39.9. The lowest BCUT2D eigenvalue weighted by molar-refractivity contribution is 0.252. The molecule has 0 saturated heterocycles. The molecule has 0 saturated carbocycles. The Labute approximate surface area is 119 Å². The van der Waals surface area contributed by atoms with Crippen LogP contribution in [-0.2, 0) is 16.6 Å². The molecule has 0 bridgehead atoms. The van der Waals surface area contributed by atoms with E-state index in [4.69, 9.17) is 10.8 Å². The van der Waals surface area contributed by atoms with Crippen LogP contribution in [0.5, 0.6) is 0 Å². The lowest BCUT2D eigenvalue weighted by Gasteiger charge is -2.22. The van der Waals surface area contributed by atoms with Gasteiger partial charge in [0.25, 0.3) is 0 Å². The van der Waals surface area contributed by atoms with Gasteiger partial charge in [-0.3, -0.25) is 0 Å². The second-order valence-electron chi connectivity index (χ2n) is 4.40. The number of aliphatic hydroxyl groups excluding tert-OH is 1.